The van der Waals surface area contributed by atoms with E-state index in [0.717, 1.165) is 0 Å². The van der Waals surface area contributed by atoms with Gasteiger partial charge in [0.25, 0.3) is 17.5 Å². The minimum Gasteiger partial charge on any atom is -0.268 e. The molecule has 0 heterocycles. The number of rotatable bonds is 4. The summed E-state index contributed by atoms with van der Waals surface area (Å²) in [6, 6.07) is 9.81. The van der Waals surface area contributed by atoms with Crippen molar-refractivity contribution in [2.45, 2.75) is 0 Å². The molecule has 2 aromatic rings. The molecule has 0 saturated heterocycles. The van der Waals surface area contributed by atoms with Crippen LogP contribution >= 0.6 is 23.2 Å². The number of carbonyl (C=O) groups is 2. The highest BCUT2D eigenvalue weighted by atomic mass is 35.5. The van der Waals surface area contributed by atoms with Gasteiger partial charge in [-0.2, -0.15) is 0 Å². The van der Waals surface area contributed by atoms with Gasteiger partial charge >= 0.3 is 0 Å². The summed E-state index contributed by atoms with van der Waals surface area (Å²) in [5.74, 6) is -1.17. The van der Waals surface area contributed by atoms with Gasteiger partial charge in [-0.3, -0.25) is 30.6 Å². The van der Waals surface area contributed by atoms with E-state index < -0.39 is 16.7 Å². The molecular formula is C16H11Cl2N3O4. The van der Waals surface area contributed by atoms with Crippen LogP contribution in [0.3, 0.4) is 0 Å². The Hall–Kier alpha value is -2.90. The smallest absolute Gasteiger partial charge is 0.268 e. The van der Waals surface area contributed by atoms with E-state index in [1.54, 1.807) is 18.2 Å². The van der Waals surface area contributed by atoms with Crippen molar-refractivity contribution in [2.75, 3.05) is 0 Å². The van der Waals surface area contributed by atoms with Gasteiger partial charge in [0.15, 0.2) is 0 Å². The Morgan fingerprint density at radius 3 is 2.28 bits per heavy atom. The van der Waals surface area contributed by atoms with E-state index in [-0.39, 0.29) is 11.3 Å². The minimum atomic E-state index is -0.605. The lowest BCUT2D eigenvalue weighted by Crippen LogP contribution is -2.40. The Morgan fingerprint density at radius 2 is 1.68 bits per heavy atom. The number of hydrogen-bond donors (Lipinski definition) is 2. The van der Waals surface area contributed by atoms with Gasteiger partial charge in [0.1, 0.15) is 0 Å². The third-order valence-electron chi connectivity index (χ3n) is 3.01. The first-order valence-electron chi connectivity index (χ1n) is 6.85. The topological polar surface area (TPSA) is 101 Å². The molecule has 0 aromatic heterocycles. The molecule has 9 heteroatoms. The van der Waals surface area contributed by atoms with Crippen molar-refractivity contribution >= 4 is 46.8 Å². The van der Waals surface area contributed by atoms with Gasteiger partial charge in [0, 0.05) is 23.8 Å². The number of carbonyl (C=O) groups excluding carboxylic acids is 2. The molecule has 2 aromatic carbocycles. The van der Waals surface area contributed by atoms with Crippen LogP contribution in [-0.2, 0) is 4.79 Å². The molecule has 2 amide bonds. The molecule has 0 spiro atoms. The third-order valence-corrected chi connectivity index (χ3v) is 3.75. The van der Waals surface area contributed by atoms with Crippen LogP contribution in [0.25, 0.3) is 6.08 Å². The number of nitro groups is 1. The fourth-order valence-electron chi connectivity index (χ4n) is 1.75. The molecule has 0 unspecified atom stereocenters. The lowest BCUT2D eigenvalue weighted by Gasteiger charge is -2.05. The van der Waals surface area contributed by atoms with Gasteiger partial charge in [-0.1, -0.05) is 29.3 Å². The van der Waals surface area contributed by atoms with Gasteiger partial charge in [-0.15, -0.1) is 0 Å². The average Bonchev–Trinajstić information content (AvgIpc) is 2.60. The molecule has 0 fully saturated rings. The Kier molecular flexibility index (Phi) is 6.10. The molecule has 25 heavy (non-hydrogen) atoms. The van der Waals surface area contributed by atoms with E-state index in [2.05, 4.69) is 10.9 Å². The molecule has 7 nitrogen and oxygen atoms in total. The number of nitrogens with one attached hydrogen (secondary N) is 2. The first kappa shape index (κ1) is 18.4. The monoisotopic (exact) mass is 379 g/mol. The highest BCUT2D eigenvalue weighted by Gasteiger charge is 2.09. The van der Waals surface area contributed by atoms with Crippen molar-refractivity contribution in [2.24, 2.45) is 0 Å². The number of hydrogen-bond acceptors (Lipinski definition) is 4. The van der Waals surface area contributed by atoms with Crippen LogP contribution in [-0.4, -0.2) is 16.7 Å². The Balaban J connectivity index is 1.90. The van der Waals surface area contributed by atoms with Gasteiger partial charge in [-0.25, -0.2) is 0 Å². The molecule has 0 radical (unpaired) electrons. The molecule has 0 aliphatic heterocycles. The number of non-ortho nitro benzene ring substituents is 1. The summed E-state index contributed by atoms with van der Waals surface area (Å²) in [4.78, 5) is 33.5. The van der Waals surface area contributed by atoms with E-state index in [9.17, 15) is 19.7 Å². The van der Waals surface area contributed by atoms with Crippen LogP contribution in [0, 0.1) is 10.1 Å². The standard InChI is InChI=1S/C16H11Cl2N3O4/c17-13-7-1-10(9-14(13)18)2-8-15(22)19-20-16(23)11-3-5-12(6-4-11)21(24)25/h1-9H,(H,19,22)(H,20,23)/b8-2+. The van der Waals surface area contributed by atoms with Crippen molar-refractivity contribution in [3.05, 3.63) is 79.8 Å². The first-order valence-corrected chi connectivity index (χ1v) is 7.60. The van der Waals surface area contributed by atoms with E-state index in [1.165, 1.54) is 36.4 Å². The molecule has 0 bridgehead atoms. The number of amides is 2. The zero-order chi connectivity index (χ0) is 18.4. The molecule has 2 rings (SSSR count). The van der Waals surface area contributed by atoms with Gasteiger partial charge in [0.2, 0.25) is 0 Å². The largest absolute Gasteiger partial charge is 0.269 e. The fourth-order valence-corrected chi connectivity index (χ4v) is 2.06. The second-order valence-electron chi connectivity index (χ2n) is 4.75. The summed E-state index contributed by atoms with van der Waals surface area (Å²) in [5, 5.41) is 11.3. The van der Waals surface area contributed by atoms with E-state index >= 15 is 0 Å². The normalized spacial score (nSPS) is 10.5. The summed E-state index contributed by atoms with van der Waals surface area (Å²) in [6.07, 6.45) is 2.70. The van der Waals surface area contributed by atoms with Crippen LogP contribution in [0.2, 0.25) is 10.0 Å². The van der Waals surface area contributed by atoms with Crippen molar-refractivity contribution in [3.63, 3.8) is 0 Å². The zero-order valence-corrected chi connectivity index (χ0v) is 14.0. The summed E-state index contributed by atoms with van der Waals surface area (Å²) >= 11 is 11.7. The van der Waals surface area contributed by atoms with E-state index in [4.69, 9.17) is 23.2 Å². The fraction of sp³-hybridized carbons (Fsp3) is 0. The van der Waals surface area contributed by atoms with Crippen LogP contribution in [0.1, 0.15) is 15.9 Å². The van der Waals surface area contributed by atoms with Crippen molar-refractivity contribution in [1.82, 2.24) is 10.9 Å². The van der Waals surface area contributed by atoms with Crippen molar-refractivity contribution in [1.29, 1.82) is 0 Å². The van der Waals surface area contributed by atoms with Crippen LogP contribution in [0.15, 0.2) is 48.5 Å². The first-order chi connectivity index (χ1) is 11.9. The average molecular weight is 380 g/mol. The Morgan fingerprint density at radius 1 is 1.00 bits per heavy atom. The van der Waals surface area contributed by atoms with Crippen LogP contribution in [0.5, 0.6) is 0 Å². The summed E-state index contributed by atoms with van der Waals surface area (Å²) < 4.78 is 0. The summed E-state index contributed by atoms with van der Waals surface area (Å²) in [5.41, 5.74) is 5.08. The minimum absolute atomic E-state index is 0.134. The SMILES string of the molecule is O=C(/C=C/c1ccc(Cl)c(Cl)c1)NNC(=O)c1ccc([N+](=O)[O-])cc1. The van der Waals surface area contributed by atoms with Gasteiger partial charge < -0.3 is 0 Å². The Labute approximate surface area is 152 Å². The number of hydrazine groups is 1. The zero-order valence-electron chi connectivity index (χ0n) is 12.5. The summed E-state index contributed by atoms with van der Waals surface area (Å²) in [7, 11) is 0. The quantitative estimate of drug-likeness (QED) is 0.482. The predicted molar refractivity (Wildman–Crippen MR) is 94.2 cm³/mol. The lowest BCUT2D eigenvalue weighted by molar-refractivity contribution is -0.384. The maximum absolute atomic E-state index is 11.8. The van der Waals surface area contributed by atoms with Crippen LogP contribution in [0.4, 0.5) is 5.69 Å². The second kappa shape index (κ2) is 8.27. The molecule has 128 valence electrons. The molecule has 0 saturated carbocycles. The molecule has 2 N–H and O–H groups in total. The number of benzene rings is 2. The highest BCUT2D eigenvalue weighted by Crippen LogP contribution is 2.23. The number of nitro benzene ring substituents is 1. The van der Waals surface area contributed by atoms with Crippen molar-refractivity contribution < 1.29 is 14.5 Å². The number of halogens is 2. The lowest BCUT2D eigenvalue weighted by atomic mass is 10.2. The van der Waals surface area contributed by atoms with Crippen molar-refractivity contribution in [3.8, 4) is 0 Å². The van der Waals surface area contributed by atoms with E-state index in [0.29, 0.717) is 15.6 Å². The third kappa shape index (κ3) is 5.30. The van der Waals surface area contributed by atoms with Gasteiger partial charge in [0.05, 0.1) is 15.0 Å². The van der Waals surface area contributed by atoms with Crippen LogP contribution < -0.4 is 10.9 Å². The number of nitrogens with zero attached hydrogens (tertiary/aromatic N) is 1. The summed E-state index contributed by atoms with van der Waals surface area (Å²) in [6.45, 7) is 0. The van der Waals surface area contributed by atoms with Gasteiger partial charge in [-0.05, 0) is 35.9 Å². The second-order valence-corrected chi connectivity index (χ2v) is 5.57. The molecule has 0 aliphatic carbocycles. The maximum atomic E-state index is 11.8. The predicted octanol–water partition coefficient (Wildman–Crippen LogP) is 3.38. The van der Waals surface area contributed by atoms with E-state index in [1.807, 2.05) is 0 Å². The molecule has 0 atom stereocenters. The Bertz CT molecular complexity index is 851. The maximum Gasteiger partial charge on any atom is 0.269 e. The highest BCUT2D eigenvalue weighted by molar-refractivity contribution is 6.42. The molecule has 0 aliphatic rings. The molecular weight excluding hydrogens is 369 g/mol.